The molecule has 0 bridgehead atoms. The van der Waals surface area contributed by atoms with Gasteiger partial charge in [-0.3, -0.25) is 0 Å². The Morgan fingerprint density at radius 2 is 1.50 bits per heavy atom. The topological polar surface area (TPSA) is 0 Å². The molecule has 0 amide bonds. The van der Waals surface area contributed by atoms with E-state index in [1.54, 1.807) is 0 Å². The Hall–Kier alpha value is -2.34. The molecule has 0 saturated heterocycles. The van der Waals surface area contributed by atoms with Crippen molar-refractivity contribution in [1.82, 2.24) is 0 Å². The number of fused-ring (bicyclic) bond motifs is 3. The summed E-state index contributed by atoms with van der Waals surface area (Å²) in [5.74, 6) is 0. The first kappa shape index (κ1) is 13.3. The molecule has 3 aromatic rings. The van der Waals surface area contributed by atoms with Gasteiger partial charge in [0.05, 0.1) is 0 Å². The zero-order valence-electron chi connectivity index (χ0n) is 13.2. The lowest BCUT2D eigenvalue weighted by Gasteiger charge is -2.14. The molecule has 3 aromatic carbocycles. The summed E-state index contributed by atoms with van der Waals surface area (Å²) in [5, 5.41) is 0. The quantitative estimate of drug-likeness (QED) is 0.458. The summed E-state index contributed by atoms with van der Waals surface area (Å²) in [6, 6.07) is 22.2. The van der Waals surface area contributed by atoms with Crippen LogP contribution in [0.25, 0.3) is 11.1 Å². The summed E-state index contributed by atoms with van der Waals surface area (Å²) < 4.78 is 0. The molecule has 108 valence electrons. The van der Waals surface area contributed by atoms with Crippen molar-refractivity contribution in [2.24, 2.45) is 0 Å². The van der Waals surface area contributed by atoms with Crippen molar-refractivity contribution in [3.63, 3.8) is 0 Å². The maximum Gasteiger partial charge on any atom is -0.00105 e. The van der Waals surface area contributed by atoms with E-state index in [1.807, 2.05) is 0 Å². The fourth-order valence-electron chi connectivity index (χ4n) is 3.64. The molecule has 0 unspecified atom stereocenters. The molecule has 0 nitrogen and oxygen atoms in total. The molecular formula is C22H20. The van der Waals surface area contributed by atoms with Gasteiger partial charge < -0.3 is 0 Å². The standard InChI is InChI=1S/C22H20/c1-15-7-3-4-8-17(15)13-21-16(2)11-12-20-19-10-6-5-9-18(19)14-22(20)21/h3-12H,13-14H2,1-2H3. The smallest absolute Gasteiger partial charge is 0.00105 e. The highest BCUT2D eigenvalue weighted by Gasteiger charge is 2.21. The first-order valence-corrected chi connectivity index (χ1v) is 7.98. The molecule has 0 heteroatoms. The van der Waals surface area contributed by atoms with Gasteiger partial charge in [0, 0.05) is 0 Å². The van der Waals surface area contributed by atoms with Crippen LogP contribution in [0.5, 0.6) is 0 Å². The van der Waals surface area contributed by atoms with Crippen molar-refractivity contribution in [2.75, 3.05) is 0 Å². The second-order valence-electron chi connectivity index (χ2n) is 6.32. The molecule has 0 saturated carbocycles. The highest BCUT2D eigenvalue weighted by Crippen LogP contribution is 2.39. The van der Waals surface area contributed by atoms with Crippen molar-refractivity contribution in [3.05, 3.63) is 94.0 Å². The molecule has 4 rings (SSSR count). The fraction of sp³-hybridized carbons (Fsp3) is 0.182. The van der Waals surface area contributed by atoms with Crippen LogP contribution in [0, 0.1) is 13.8 Å². The van der Waals surface area contributed by atoms with Crippen LogP contribution in [0.3, 0.4) is 0 Å². The van der Waals surface area contributed by atoms with Crippen LogP contribution >= 0.6 is 0 Å². The SMILES string of the molecule is Cc1ccccc1Cc1c(C)ccc2c1Cc1ccccc1-2. The van der Waals surface area contributed by atoms with E-state index in [-0.39, 0.29) is 0 Å². The van der Waals surface area contributed by atoms with Crippen molar-refractivity contribution in [1.29, 1.82) is 0 Å². The van der Waals surface area contributed by atoms with E-state index >= 15 is 0 Å². The van der Waals surface area contributed by atoms with Crippen LogP contribution in [-0.2, 0) is 12.8 Å². The van der Waals surface area contributed by atoms with Crippen LogP contribution < -0.4 is 0 Å². The molecule has 0 spiro atoms. The Balaban J connectivity index is 1.84. The van der Waals surface area contributed by atoms with Gasteiger partial charge in [-0.15, -0.1) is 0 Å². The predicted octanol–water partition coefficient (Wildman–Crippen LogP) is 5.47. The van der Waals surface area contributed by atoms with E-state index in [0.717, 1.165) is 12.8 Å². The fourth-order valence-corrected chi connectivity index (χ4v) is 3.64. The van der Waals surface area contributed by atoms with Gasteiger partial charge in [-0.25, -0.2) is 0 Å². The van der Waals surface area contributed by atoms with Gasteiger partial charge >= 0.3 is 0 Å². The number of benzene rings is 3. The summed E-state index contributed by atoms with van der Waals surface area (Å²) in [6.45, 7) is 4.46. The molecular weight excluding hydrogens is 264 g/mol. The van der Waals surface area contributed by atoms with Gasteiger partial charge in [0.25, 0.3) is 0 Å². The van der Waals surface area contributed by atoms with Crippen molar-refractivity contribution in [3.8, 4) is 11.1 Å². The van der Waals surface area contributed by atoms with Crippen molar-refractivity contribution >= 4 is 0 Å². The van der Waals surface area contributed by atoms with Gasteiger partial charge in [0.15, 0.2) is 0 Å². The van der Waals surface area contributed by atoms with Gasteiger partial charge in [-0.1, -0.05) is 60.7 Å². The second kappa shape index (κ2) is 5.14. The second-order valence-corrected chi connectivity index (χ2v) is 6.32. The molecule has 0 atom stereocenters. The monoisotopic (exact) mass is 284 g/mol. The van der Waals surface area contributed by atoms with Gasteiger partial charge in [0.2, 0.25) is 0 Å². The normalized spacial score (nSPS) is 12.1. The summed E-state index contributed by atoms with van der Waals surface area (Å²) >= 11 is 0. The highest BCUT2D eigenvalue weighted by molar-refractivity contribution is 5.78. The minimum atomic E-state index is 1.04. The third-order valence-corrected chi connectivity index (χ3v) is 4.97. The van der Waals surface area contributed by atoms with Crippen LogP contribution in [-0.4, -0.2) is 0 Å². The summed E-state index contributed by atoms with van der Waals surface area (Å²) in [6.07, 6.45) is 2.12. The number of rotatable bonds is 2. The van der Waals surface area contributed by atoms with Crippen LogP contribution in [0.1, 0.15) is 33.4 Å². The van der Waals surface area contributed by atoms with Crippen LogP contribution in [0.2, 0.25) is 0 Å². The van der Waals surface area contributed by atoms with Crippen molar-refractivity contribution in [2.45, 2.75) is 26.7 Å². The van der Waals surface area contributed by atoms with E-state index < -0.39 is 0 Å². The van der Waals surface area contributed by atoms with E-state index in [1.165, 1.54) is 44.5 Å². The maximum atomic E-state index is 2.30. The molecule has 1 aliphatic carbocycles. The third kappa shape index (κ3) is 2.07. The lowest BCUT2D eigenvalue weighted by atomic mass is 9.91. The number of hydrogen-bond acceptors (Lipinski definition) is 0. The van der Waals surface area contributed by atoms with Gasteiger partial charge in [0.1, 0.15) is 0 Å². The molecule has 0 aliphatic heterocycles. The largest absolute Gasteiger partial charge is 0.0620 e. The first-order valence-electron chi connectivity index (χ1n) is 7.98. The van der Waals surface area contributed by atoms with E-state index in [0.29, 0.717) is 0 Å². The molecule has 0 N–H and O–H groups in total. The van der Waals surface area contributed by atoms with Gasteiger partial charge in [-0.05, 0) is 71.2 Å². The summed E-state index contributed by atoms with van der Waals surface area (Å²) in [5.41, 5.74) is 11.6. The van der Waals surface area contributed by atoms with Crippen molar-refractivity contribution < 1.29 is 0 Å². The maximum absolute atomic E-state index is 2.30. The first-order chi connectivity index (χ1) is 10.7. The van der Waals surface area contributed by atoms with Crippen LogP contribution in [0.15, 0.2) is 60.7 Å². The number of hydrogen-bond donors (Lipinski definition) is 0. The van der Waals surface area contributed by atoms with E-state index in [9.17, 15) is 0 Å². The Morgan fingerprint density at radius 1 is 0.727 bits per heavy atom. The Kier molecular flexibility index (Phi) is 3.11. The molecule has 22 heavy (non-hydrogen) atoms. The Morgan fingerprint density at radius 3 is 2.36 bits per heavy atom. The summed E-state index contributed by atoms with van der Waals surface area (Å²) in [4.78, 5) is 0. The molecule has 0 heterocycles. The third-order valence-electron chi connectivity index (χ3n) is 4.97. The zero-order valence-corrected chi connectivity index (χ0v) is 13.2. The Bertz CT molecular complexity index is 856. The Labute approximate surface area is 132 Å². The number of aryl methyl sites for hydroxylation is 2. The van der Waals surface area contributed by atoms with E-state index in [4.69, 9.17) is 0 Å². The highest BCUT2D eigenvalue weighted by atomic mass is 14.3. The minimum absolute atomic E-state index is 1.04. The zero-order chi connectivity index (χ0) is 15.1. The average Bonchev–Trinajstić information content (AvgIpc) is 2.91. The minimum Gasteiger partial charge on any atom is -0.0620 e. The molecule has 0 aromatic heterocycles. The lowest BCUT2D eigenvalue weighted by Crippen LogP contribution is -1.99. The van der Waals surface area contributed by atoms with Gasteiger partial charge in [-0.2, -0.15) is 0 Å². The predicted molar refractivity (Wildman–Crippen MR) is 93.4 cm³/mol. The lowest BCUT2D eigenvalue weighted by molar-refractivity contribution is 1.08. The average molecular weight is 284 g/mol. The summed E-state index contributed by atoms with van der Waals surface area (Å²) in [7, 11) is 0. The van der Waals surface area contributed by atoms with Crippen LogP contribution in [0.4, 0.5) is 0 Å². The molecule has 1 aliphatic rings. The van der Waals surface area contributed by atoms with E-state index in [2.05, 4.69) is 74.5 Å². The molecule has 0 fully saturated rings. The molecule has 0 radical (unpaired) electrons.